The van der Waals surface area contributed by atoms with Gasteiger partial charge in [0.1, 0.15) is 5.92 Å². The number of carbonyl (C=O) groups excluding carboxylic acids is 1. The van der Waals surface area contributed by atoms with E-state index in [1.165, 1.54) is 0 Å². The first-order valence-electron chi connectivity index (χ1n) is 6.14. The summed E-state index contributed by atoms with van der Waals surface area (Å²) in [4.78, 5) is 12.3. The first kappa shape index (κ1) is 14.6. The third-order valence-electron chi connectivity index (χ3n) is 2.70. The van der Waals surface area contributed by atoms with E-state index in [1.807, 2.05) is 30.3 Å². The topological polar surface area (TPSA) is 55.1 Å². The number of benzene rings is 1. The third-order valence-corrected chi connectivity index (χ3v) is 2.94. The number of nitrogens with two attached hydrogens (primary N) is 1. The van der Waals surface area contributed by atoms with Gasteiger partial charge in [0.15, 0.2) is 0 Å². The maximum Gasteiger partial charge on any atom is 0.234 e. The molecule has 0 fully saturated rings. The molecular weight excluding hydrogens is 244 g/mol. The number of carbonyl (C=O) groups is 1. The molecule has 0 saturated heterocycles. The van der Waals surface area contributed by atoms with Gasteiger partial charge in [0.2, 0.25) is 5.91 Å². The molecule has 3 N–H and O–H groups in total. The Kier molecular flexibility index (Phi) is 5.78. The molecule has 1 unspecified atom stereocenters. The van der Waals surface area contributed by atoms with E-state index in [4.69, 9.17) is 18.0 Å². The van der Waals surface area contributed by atoms with Crippen LogP contribution in [0, 0.1) is 5.92 Å². The Labute approximate surface area is 114 Å². The summed E-state index contributed by atoms with van der Waals surface area (Å²) in [5.74, 6) is -0.0898. The smallest absolute Gasteiger partial charge is 0.234 e. The van der Waals surface area contributed by atoms with Crippen LogP contribution in [0.3, 0.4) is 0 Å². The maximum atomic E-state index is 12.1. The molecule has 98 valence electrons. The molecule has 1 aromatic carbocycles. The van der Waals surface area contributed by atoms with Crippen molar-refractivity contribution in [3.05, 3.63) is 35.9 Å². The lowest BCUT2D eigenvalue weighted by molar-refractivity contribution is -0.121. The molecule has 0 saturated carbocycles. The van der Waals surface area contributed by atoms with E-state index in [0.717, 1.165) is 12.0 Å². The number of thiocarbonyl (C=S) groups is 1. The van der Waals surface area contributed by atoms with Crippen molar-refractivity contribution in [1.29, 1.82) is 0 Å². The average Bonchev–Trinajstić information content (AvgIpc) is 2.29. The molecule has 0 heterocycles. The summed E-state index contributed by atoms with van der Waals surface area (Å²) >= 11 is 4.99. The van der Waals surface area contributed by atoms with E-state index in [1.54, 1.807) is 0 Å². The van der Waals surface area contributed by atoms with Crippen molar-refractivity contribution in [2.75, 3.05) is 6.54 Å². The van der Waals surface area contributed by atoms with Crippen molar-refractivity contribution in [2.24, 2.45) is 11.7 Å². The van der Waals surface area contributed by atoms with E-state index in [0.29, 0.717) is 12.5 Å². The van der Waals surface area contributed by atoms with Crippen LogP contribution >= 0.6 is 12.2 Å². The van der Waals surface area contributed by atoms with Gasteiger partial charge in [-0.15, -0.1) is 0 Å². The van der Waals surface area contributed by atoms with Gasteiger partial charge >= 0.3 is 0 Å². The number of nitrogens with one attached hydrogen (secondary N) is 1. The monoisotopic (exact) mass is 264 g/mol. The molecule has 0 aliphatic heterocycles. The molecule has 0 spiro atoms. The molecule has 0 radical (unpaired) electrons. The summed E-state index contributed by atoms with van der Waals surface area (Å²) in [7, 11) is 0. The summed E-state index contributed by atoms with van der Waals surface area (Å²) in [6.45, 7) is 4.89. The lowest BCUT2D eigenvalue weighted by Gasteiger charge is -2.16. The quantitative estimate of drug-likeness (QED) is 0.775. The van der Waals surface area contributed by atoms with E-state index in [2.05, 4.69) is 19.2 Å². The molecule has 1 rings (SSSR count). The first-order chi connectivity index (χ1) is 8.52. The molecular formula is C14H20N2OS. The summed E-state index contributed by atoms with van der Waals surface area (Å²) in [6.07, 6.45) is 0.949. The van der Waals surface area contributed by atoms with Crippen molar-refractivity contribution in [3.63, 3.8) is 0 Å². The molecule has 1 atom stereocenters. The highest BCUT2D eigenvalue weighted by Gasteiger charge is 2.22. The van der Waals surface area contributed by atoms with E-state index in [-0.39, 0.29) is 10.9 Å². The minimum absolute atomic E-state index is 0.116. The van der Waals surface area contributed by atoms with Gasteiger partial charge in [-0.25, -0.2) is 0 Å². The van der Waals surface area contributed by atoms with Gasteiger partial charge in [-0.2, -0.15) is 0 Å². The highest BCUT2D eigenvalue weighted by molar-refractivity contribution is 7.80. The van der Waals surface area contributed by atoms with Crippen LogP contribution in [0.5, 0.6) is 0 Å². The molecule has 0 aromatic heterocycles. The van der Waals surface area contributed by atoms with Gasteiger partial charge < -0.3 is 11.1 Å². The second kappa shape index (κ2) is 7.11. The van der Waals surface area contributed by atoms with E-state index < -0.39 is 5.92 Å². The fourth-order valence-electron chi connectivity index (χ4n) is 1.68. The van der Waals surface area contributed by atoms with Crippen molar-refractivity contribution < 1.29 is 4.79 Å². The number of amides is 1. The molecule has 0 bridgehead atoms. The fourth-order valence-corrected chi connectivity index (χ4v) is 1.92. The van der Waals surface area contributed by atoms with Gasteiger partial charge in [0, 0.05) is 6.54 Å². The summed E-state index contributed by atoms with van der Waals surface area (Å²) in [5.41, 5.74) is 6.51. The first-order valence-corrected chi connectivity index (χ1v) is 6.55. The van der Waals surface area contributed by atoms with Crippen LogP contribution in [-0.2, 0) is 4.79 Å². The highest BCUT2D eigenvalue weighted by atomic mass is 32.1. The van der Waals surface area contributed by atoms with Crippen LogP contribution < -0.4 is 11.1 Å². The molecule has 3 nitrogen and oxygen atoms in total. The Morgan fingerprint density at radius 1 is 1.33 bits per heavy atom. The Bertz CT molecular complexity index is 404. The van der Waals surface area contributed by atoms with Crippen LogP contribution in [-0.4, -0.2) is 17.4 Å². The van der Waals surface area contributed by atoms with Crippen molar-refractivity contribution >= 4 is 23.1 Å². The van der Waals surface area contributed by atoms with Gasteiger partial charge in [-0.05, 0) is 17.9 Å². The Morgan fingerprint density at radius 3 is 2.44 bits per heavy atom. The van der Waals surface area contributed by atoms with Crippen LogP contribution in [0.2, 0.25) is 0 Å². The van der Waals surface area contributed by atoms with E-state index in [9.17, 15) is 4.79 Å². The lowest BCUT2D eigenvalue weighted by atomic mass is 9.98. The zero-order chi connectivity index (χ0) is 13.5. The summed E-state index contributed by atoms with van der Waals surface area (Å²) in [6, 6.07) is 9.39. The summed E-state index contributed by atoms with van der Waals surface area (Å²) < 4.78 is 0. The lowest BCUT2D eigenvalue weighted by Crippen LogP contribution is -2.36. The van der Waals surface area contributed by atoms with Crippen LogP contribution in [0.4, 0.5) is 0 Å². The second-order valence-corrected chi connectivity index (χ2v) is 5.19. The number of rotatable bonds is 6. The van der Waals surface area contributed by atoms with Gasteiger partial charge in [0.25, 0.3) is 0 Å². The standard InChI is InChI=1S/C14H20N2OS/c1-10(2)8-9-16-14(17)12(13(15)18)11-6-4-3-5-7-11/h3-7,10,12H,8-9H2,1-2H3,(H2,15,18)(H,16,17). The Hall–Kier alpha value is -1.42. The summed E-state index contributed by atoms with van der Waals surface area (Å²) in [5, 5.41) is 2.89. The minimum atomic E-state index is -0.534. The number of hydrogen-bond acceptors (Lipinski definition) is 2. The van der Waals surface area contributed by atoms with Gasteiger partial charge in [0.05, 0.1) is 4.99 Å². The molecule has 0 aliphatic carbocycles. The van der Waals surface area contributed by atoms with Crippen LogP contribution in [0.15, 0.2) is 30.3 Å². The molecule has 18 heavy (non-hydrogen) atoms. The maximum absolute atomic E-state index is 12.1. The average molecular weight is 264 g/mol. The fraction of sp³-hybridized carbons (Fsp3) is 0.429. The van der Waals surface area contributed by atoms with Crippen molar-refractivity contribution in [1.82, 2.24) is 5.32 Å². The Morgan fingerprint density at radius 2 is 1.94 bits per heavy atom. The predicted octanol–water partition coefficient (Wildman–Crippen LogP) is 2.22. The SMILES string of the molecule is CC(C)CCNC(=O)C(C(N)=S)c1ccccc1. The van der Waals surface area contributed by atoms with Gasteiger partial charge in [-0.3, -0.25) is 4.79 Å². The van der Waals surface area contributed by atoms with Crippen LogP contribution in [0.1, 0.15) is 31.7 Å². The predicted molar refractivity (Wildman–Crippen MR) is 78.4 cm³/mol. The molecule has 0 aliphatic rings. The van der Waals surface area contributed by atoms with Crippen molar-refractivity contribution in [2.45, 2.75) is 26.2 Å². The largest absolute Gasteiger partial charge is 0.392 e. The normalized spacial score (nSPS) is 12.2. The zero-order valence-electron chi connectivity index (χ0n) is 10.8. The minimum Gasteiger partial charge on any atom is -0.392 e. The van der Waals surface area contributed by atoms with Gasteiger partial charge in [-0.1, -0.05) is 56.4 Å². The highest BCUT2D eigenvalue weighted by Crippen LogP contribution is 2.16. The second-order valence-electron chi connectivity index (χ2n) is 4.72. The van der Waals surface area contributed by atoms with Crippen molar-refractivity contribution in [3.8, 4) is 0 Å². The zero-order valence-corrected chi connectivity index (χ0v) is 11.7. The molecule has 1 aromatic rings. The van der Waals surface area contributed by atoms with Crippen LogP contribution in [0.25, 0.3) is 0 Å². The Balaban J connectivity index is 2.69. The third kappa shape index (κ3) is 4.45. The molecule has 1 amide bonds. The van der Waals surface area contributed by atoms with E-state index >= 15 is 0 Å². The number of hydrogen-bond donors (Lipinski definition) is 2. The molecule has 4 heteroatoms.